The number of Topliss-reactive ketones (excluding diaryl/α,β-unsaturated/α-hetero) is 1. The van der Waals surface area contributed by atoms with Crippen LogP contribution in [0.5, 0.6) is 5.75 Å². The fourth-order valence-electron chi connectivity index (χ4n) is 1.78. The van der Waals surface area contributed by atoms with Crippen molar-refractivity contribution >= 4 is 17.2 Å². The SMILES string of the molecule is CCc1cc2c(c(O)c1C(C)=O)NNN2. The van der Waals surface area contributed by atoms with Crippen molar-refractivity contribution in [2.45, 2.75) is 20.3 Å². The molecule has 0 saturated carbocycles. The minimum absolute atomic E-state index is 0.00866. The summed E-state index contributed by atoms with van der Waals surface area (Å²) in [5.74, 6) is -0.116. The Kier molecular flexibility index (Phi) is 2.24. The standard InChI is InChI=1S/C10H13N3O2/c1-3-6-4-7-9(12-13-11-7)10(15)8(6)5(2)14/h4,11-13,15H,3H2,1-2H3. The Morgan fingerprint density at radius 3 is 2.80 bits per heavy atom. The number of phenolic OH excluding ortho intramolecular Hbond substituents is 1. The molecule has 0 bridgehead atoms. The first kappa shape index (κ1) is 9.79. The molecule has 1 heterocycles. The number of ketones is 1. The van der Waals surface area contributed by atoms with E-state index in [0.29, 0.717) is 17.7 Å². The molecule has 0 saturated heterocycles. The van der Waals surface area contributed by atoms with E-state index in [4.69, 9.17) is 0 Å². The first-order valence-corrected chi connectivity index (χ1v) is 4.82. The van der Waals surface area contributed by atoms with Gasteiger partial charge in [0.15, 0.2) is 11.5 Å². The van der Waals surface area contributed by atoms with Gasteiger partial charge in [0.2, 0.25) is 0 Å². The minimum Gasteiger partial charge on any atom is -0.505 e. The smallest absolute Gasteiger partial charge is 0.163 e. The van der Waals surface area contributed by atoms with E-state index < -0.39 is 0 Å². The van der Waals surface area contributed by atoms with Crippen LogP contribution in [0.15, 0.2) is 6.07 Å². The van der Waals surface area contributed by atoms with Crippen LogP contribution in [0.3, 0.4) is 0 Å². The molecule has 2 rings (SSSR count). The monoisotopic (exact) mass is 207 g/mol. The molecular formula is C10H13N3O2. The van der Waals surface area contributed by atoms with E-state index in [9.17, 15) is 9.90 Å². The second-order valence-electron chi connectivity index (χ2n) is 3.47. The van der Waals surface area contributed by atoms with Crippen molar-refractivity contribution in [2.24, 2.45) is 0 Å². The third kappa shape index (κ3) is 1.41. The first-order chi connectivity index (χ1) is 7.15. The van der Waals surface area contributed by atoms with Gasteiger partial charge in [0.1, 0.15) is 5.69 Å². The number of anilines is 2. The zero-order valence-electron chi connectivity index (χ0n) is 8.64. The van der Waals surface area contributed by atoms with Crippen LogP contribution in [0.4, 0.5) is 11.4 Å². The van der Waals surface area contributed by atoms with Gasteiger partial charge in [0.05, 0.1) is 11.3 Å². The third-order valence-electron chi connectivity index (χ3n) is 2.50. The van der Waals surface area contributed by atoms with Crippen LogP contribution in [0.25, 0.3) is 0 Å². The number of benzene rings is 1. The molecule has 5 heteroatoms. The summed E-state index contributed by atoms with van der Waals surface area (Å²) < 4.78 is 0. The Hall–Kier alpha value is -1.75. The van der Waals surface area contributed by atoms with Gasteiger partial charge in [-0.1, -0.05) is 6.92 Å². The highest BCUT2D eigenvalue weighted by atomic mass is 16.3. The molecule has 0 fully saturated rings. The van der Waals surface area contributed by atoms with E-state index in [1.165, 1.54) is 6.92 Å². The van der Waals surface area contributed by atoms with Gasteiger partial charge in [-0.15, -0.1) is 5.53 Å². The van der Waals surface area contributed by atoms with Crippen LogP contribution in [-0.2, 0) is 6.42 Å². The molecule has 1 aromatic carbocycles. The van der Waals surface area contributed by atoms with E-state index in [2.05, 4.69) is 16.4 Å². The number of phenols is 1. The number of aromatic hydroxyl groups is 1. The molecule has 0 unspecified atom stereocenters. The fraction of sp³-hybridized carbons (Fsp3) is 0.300. The number of hydrogen-bond donors (Lipinski definition) is 4. The van der Waals surface area contributed by atoms with Crippen LogP contribution < -0.4 is 16.4 Å². The van der Waals surface area contributed by atoms with Crippen LogP contribution in [-0.4, -0.2) is 10.9 Å². The zero-order chi connectivity index (χ0) is 11.0. The number of hydrogen-bond acceptors (Lipinski definition) is 5. The van der Waals surface area contributed by atoms with Crippen molar-refractivity contribution in [1.29, 1.82) is 0 Å². The van der Waals surface area contributed by atoms with E-state index >= 15 is 0 Å². The second-order valence-corrected chi connectivity index (χ2v) is 3.47. The molecule has 0 atom stereocenters. The van der Waals surface area contributed by atoms with Gasteiger partial charge in [0, 0.05) is 0 Å². The Morgan fingerprint density at radius 2 is 2.20 bits per heavy atom. The summed E-state index contributed by atoms with van der Waals surface area (Å²) in [6.45, 7) is 3.40. The van der Waals surface area contributed by atoms with Crippen LogP contribution in [0.2, 0.25) is 0 Å². The third-order valence-corrected chi connectivity index (χ3v) is 2.50. The Labute approximate surface area is 87.4 Å². The van der Waals surface area contributed by atoms with Crippen molar-refractivity contribution in [1.82, 2.24) is 5.53 Å². The maximum atomic E-state index is 11.4. The number of carbonyl (C=O) groups excluding carboxylic acids is 1. The maximum absolute atomic E-state index is 11.4. The highest BCUT2D eigenvalue weighted by Crippen LogP contribution is 2.39. The second kappa shape index (κ2) is 3.43. The molecular weight excluding hydrogens is 194 g/mol. The van der Waals surface area contributed by atoms with Gasteiger partial charge in [-0.2, -0.15) is 0 Å². The summed E-state index contributed by atoms with van der Waals surface area (Å²) in [6, 6.07) is 1.86. The predicted octanol–water partition coefficient (Wildman–Crippen LogP) is 1.41. The van der Waals surface area contributed by atoms with Gasteiger partial charge in [-0.3, -0.25) is 10.2 Å². The van der Waals surface area contributed by atoms with Crippen LogP contribution in [0, 0.1) is 0 Å². The summed E-state index contributed by atoms with van der Waals surface area (Å²) in [5.41, 5.74) is 10.8. The highest BCUT2D eigenvalue weighted by Gasteiger charge is 2.22. The number of carbonyl (C=O) groups is 1. The quantitative estimate of drug-likeness (QED) is 0.436. The Bertz CT molecular complexity index is 429. The van der Waals surface area contributed by atoms with Gasteiger partial charge < -0.3 is 10.5 Å². The lowest BCUT2D eigenvalue weighted by Gasteiger charge is -2.10. The lowest BCUT2D eigenvalue weighted by atomic mass is 9.99. The van der Waals surface area contributed by atoms with Crippen molar-refractivity contribution in [3.05, 3.63) is 17.2 Å². The molecule has 1 aliphatic rings. The normalized spacial score (nSPS) is 12.9. The van der Waals surface area contributed by atoms with Crippen LogP contribution >= 0.6 is 0 Å². The van der Waals surface area contributed by atoms with Gasteiger partial charge in [-0.25, -0.2) is 0 Å². The predicted molar refractivity (Wildman–Crippen MR) is 57.9 cm³/mol. The number of nitrogens with one attached hydrogen (secondary N) is 3. The van der Waals surface area contributed by atoms with Crippen molar-refractivity contribution in [3.63, 3.8) is 0 Å². The number of hydrazine groups is 2. The van der Waals surface area contributed by atoms with Crippen LogP contribution in [0.1, 0.15) is 29.8 Å². The average molecular weight is 207 g/mol. The molecule has 0 aliphatic carbocycles. The van der Waals surface area contributed by atoms with Gasteiger partial charge in [0.25, 0.3) is 0 Å². The van der Waals surface area contributed by atoms with Crippen molar-refractivity contribution in [2.75, 3.05) is 10.9 Å². The summed E-state index contributed by atoms with van der Waals surface area (Å²) in [5, 5.41) is 9.93. The summed E-state index contributed by atoms with van der Waals surface area (Å²) >= 11 is 0. The highest BCUT2D eigenvalue weighted by molar-refractivity contribution is 6.02. The molecule has 4 N–H and O–H groups in total. The molecule has 1 aromatic rings. The maximum Gasteiger partial charge on any atom is 0.163 e. The number of aryl methyl sites for hydroxylation is 1. The van der Waals surface area contributed by atoms with Gasteiger partial charge >= 0.3 is 0 Å². The molecule has 15 heavy (non-hydrogen) atoms. The molecule has 0 radical (unpaired) electrons. The van der Waals surface area contributed by atoms with E-state index in [0.717, 1.165) is 11.3 Å². The summed E-state index contributed by atoms with van der Waals surface area (Å²) in [4.78, 5) is 11.4. The number of rotatable bonds is 2. The molecule has 0 aromatic heterocycles. The van der Waals surface area contributed by atoms with Crippen molar-refractivity contribution in [3.8, 4) is 5.75 Å². The Morgan fingerprint density at radius 1 is 1.47 bits per heavy atom. The first-order valence-electron chi connectivity index (χ1n) is 4.82. The van der Waals surface area contributed by atoms with E-state index in [1.54, 1.807) is 0 Å². The lowest BCUT2D eigenvalue weighted by Crippen LogP contribution is -2.19. The molecule has 80 valence electrons. The molecule has 5 nitrogen and oxygen atoms in total. The fourth-order valence-corrected chi connectivity index (χ4v) is 1.78. The van der Waals surface area contributed by atoms with E-state index in [-0.39, 0.29) is 11.5 Å². The Balaban J connectivity index is 2.67. The molecule has 1 aliphatic heterocycles. The minimum atomic E-state index is -0.124. The summed E-state index contributed by atoms with van der Waals surface area (Å²) in [7, 11) is 0. The average Bonchev–Trinajstić information content (AvgIpc) is 2.64. The van der Waals surface area contributed by atoms with Crippen molar-refractivity contribution < 1.29 is 9.90 Å². The lowest BCUT2D eigenvalue weighted by molar-refractivity contribution is 0.101. The van der Waals surface area contributed by atoms with Gasteiger partial charge in [-0.05, 0) is 25.0 Å². The summed E-state index contributed by atoms with van der Waals surface area (Å²) in [6.07, 6.45) is 0.706. The number of fused-ring (bicyclic) bond motifs is 1. The molecule has 0 spiro atoms. The zero-order valence-corrected chi connectivity index (χ0v) is 8.64. The molecule has 0 amide bonds. The van der Waals surface area contributed by atoms with E-state index in [1.807, 2.05) is 13.0 Å². The topological polar surface area (TPSA) is 73.4 Å². The largest absolute Gasteiger partial charge is 0.505 e.